The third-order valence-corrected chi connectivity index (χ3v) is 5.32. The van der Waals surface area contributed by atoms with Crippen LogP contribution in [0, 0.1) is 6.92 Å². The minimum Gasteiger partial charge on any atom is -0.473 e. The maximum atomic E-state index is 12.8. The summed E-state index contributed by atoms with van der Waals surface area (Å²) in [4.78, 5) is 18.5. The van der Waals surface area contributed by atoms with Gasteiger partial charge in [0.05, 0.1) is 17.6 Å². The average Bonchev–Trinajstić information content (AvgIpc) is 3.24. The van der Waals surface area contributed by atoms with Crippen molar-refractivity contribution in [3.63, 3.8) is 0 Å². The first-order chi connectivity index (χ1) is 13.7. The molecule has 0 spiro atoms. The molecule has 5 heteroatoms. The Morgan fingerprint density at radius 3 is 2.68 bits per heavy atom. The predicted molar refractivity (Wildman–Crippen MR) is 113 cm³/mol. The Morgan fingerprint density at radius 2 is 1.89 bits per heavy atom. The zero-order chi connectivity index (χ0) is 19.3. The number of fused-ring (bicyclic) bond motifs is 1. The van der Waals surface area contributed by atoms with Gasteiger partial charge in [-0.2, -0.15) is 0 Å². The van der Waals surface area contributed by atoms with Crippen LogP contribution in [0.5, 0.6) is 5.88 Å². The van der Waals surface area contributed by atoms with E-state index in [1.54, 1.807) is 17.4 Å². The quantitative estimate of drug-likeness (QED) is 0.499. The Hall–Kier alpha value is -3.18. The van der Waals surface area contributed by atoms with Gasteiger partial charge in [-0.25, -0.2) is 4.98 Å². The van der Waals surface area contributed by atoms with Crippen molar-refractivity contribution in [1.82, 2.24) is 10.3 Å². The number of ether oxygens (including phenoxy) is 1. The Balaban J connectivity index is 1.57. The number of carbonyl (C=O) groups is 1. The van der Waals surface area contributed by atoms with E-state index in [9.17, 15) is 4.79 Å². The maximum Gasteiger partial charge on any atom is 0.252 e. The number of thiophene rings is 1. The van der Waals surface area contributed by atoms with Crippen molar-refractivity contribution in [2.24, 2.45) is 0 Å². The summed E-state index contributed by atoms with van der Waals surface area (Å²) in [6, 6.07) is 21.5. The topological polar surface area (TPSA) is 51.2 Å². The second kappa shape index (κ2) is 8.23. The summed E-state index contributed by atoms with van der Waals surface area (Å²) in [7, 11) is 0. The van der Waals surface area contributed by atoms with E-state index in [0.29, 0.717) is 24.6 Å². The minimum absolute atomic E-state index is 0.132. The molecule has 2 aromatic carbocycles. The van der Waals surface area contributed by atoms with Crippen LogP contribution in [0.2, 0.25) is 0 Å². The molecule has 0 bridgehead atoms. The van der Waals surface area contributed by atoms with E-state index in [1.807, 2.05) is 53.9 Å². The highest BCUT2D eigenvalue weighted by Gasteiger charge is 2.14. The summed E-state index contributed by atoms with van der Waals surface area (Å²) in [5, 5.41) is 5.80. The van der Waals surface area contributed by atoms with Gasteiger partial charge in [-0.1, -0.05) is 54.1 Å². The third-order valence-electron chi connectivity index (χ3n) is 4.45. The van der Waals surface area contributed by atoms with Crippen molar-refractivity contribution < 1.29 is 9.53 Å². The highest BCUT2D eigenvalue weighted by molar-refractivity contribution is 7.09. The summed E-state index contributed by atoms with van der Waals surface area (Å²) in [6.07, 6.45) is 0. The first-order valence-corrected chi connectivity index (χ1v) is 9.96. The molecule has 0 fully saturated rings. The minimum atomic E-state index is -0.132. The van der Waals surface area contributed by atoms with Crippen LogP contribution in [0.3, 0.4) is 0 Å². The monoisotopic (exact) mass is 388 g/mol. The molecule has 0 saturated heterocycles. The van der Waals surface area contributed by atoms with Gasteiger partial charge in [0.25, 0.3) is 5.91 Å². The Kier molecular flexibility index (Phi) is 5.35. The van der Waals surface area contributed by atoms with Crippen LogP contribution in [-0.4, -0.2) is 10.9 Å². The van der Waals surface area contributed by atoms with E-state index in [4.69, 9.17) is 4.74 Å². The summed E-state index contributed by atoms with van der Waals surface area (Å²) >= 11 is 1.62. The lowest BCUT2D eigenvalue weighted by atomic mass is 10.1. The second-order valence-corrected chi connectivity index (χ2v) is 7.59. The van der Waals surface area contributed by atoms with Gasteiger partial charge in [0.1, 0.15) is 6.61 Å². The maximum absolute atomic E-state index is 12.8. The van der Waals surface area contributed by atoms with Gasteiger partial charge < -0.3 is 10.1 Å². The molecule has 0 aliphatic rings. The van der Waals surface area contributed by atoms with Crippen molar-refractivity contribution in [3.05, 3.63) is 93.7 Å². The lowest BCUT2D eigenvalue weighted by Gasteiger charge is -2.11. The van der Waals surface area contributed by atoms with Gasteiger partial charge in [-0.3, -0.25) is 4.79 Å². The number of carbonyl (C=O) groups excluding carboxylic acids is 1. The van der Waals surface area contributed by atoms with Gasteiger partial charge in [0.2, 0.25) is 5.88 Å². The van der Waals surface area contributed by atoms with Crippen LogP contribution in [-0.2, 0) is 13.2 Å². The summed E-state index contributed by atoms with van der Waals surface area (Å²) in [5.41, 5.74) is 3.58. The highest BCUT2D eigenvalue weighted by Crippen LogP contribution is 2.23. The molecule has 0 atom stereocenters. The number of amides is 1. The fraction of sp³-hybridized carbons (Fsp3) is 0.130. The van der Waals surface area contributed by atoms with Crippen molar-refractivity contribution in [1.29, 1.82) is 0 Å². The number of aromatic nitrogens is 1. The van der Waals surface area contributed by atoms with Crippen molar-refractivity contribution in [2.75, 3.05) is 0 Å². The number of rotatable bonds is 6. The molecular weight excluding hydrogens is 368 g/mol. The van der Waals surface area contributed by atoms with Crippen molar-refractivity contribution in [3.8, 4) is 5.88 Å². The molecular formula is C23H20N2O2S. The molecule has 4 aromatic rings. The van der Waals surface area contributed by atoms with Crippen LogP contribution >= 0.6 is 11.3 Å². The van der Waals surface area contributed by atoms with Gasteiger partial charge in [-0.15, -0.1) is 11.3 Å². The van der Waals surface area contributed by atoms with E-state index < -0.39 is 0 Å². The van der Waals surface area contributed by atoms with E-state index in [-0.39, 0.29) is 5.91 Å². The number of aryl methyl sites for hydroxylation is 1. The van der Waals surface area contributed by atoms with Crippen LogP contribution in [0.15, 0.2) is 72.1 Å². The standard InChI is InChI=1S/C23H20N2O2S/c1-16-8-10-17(11-9-16)15-27-22-13-20(19-6-2-3-7-21(19)25-22)23(26)24-14-18-5-4-12-28-18/h2-13H,14-15H2,1H3,(H,24,26). The average molecular weight is 388 g/mol. The molecule has 140 valence electrons. The number of benzene rings is 2. The van der Waals surface area contributed by atoms with Gasteiger partial charge in [0, 0.05) is 16.3 Å². The number of hydrogen-bond acceptors (Lipinski definition) is 4. The third kappa shape index (κ3) is 4.21. The Labute approximate surface area is 167 Å². The molecule has 4 rings (SSSR count). The van der Waals surface area contributed by atoms with E-state index in [2.05, 4.69) is 29.4 Å². The second-order valence-electron chi connectivity index (χ2n) is 6.56. The normalized spacial score (nSPS) is 10.8. The Bertz CT molecular complexity index is 1090. The van der Waals surface area contributed by atoms with Crippen molar-refractivity contribution >= 4 is 28.1 Å². The molecule has 1 amide bonds. The first kappa shape index (κ1) is 18.2. The molecule has 4 nitrogen and oxygen atoms in total. The van der Waals surface area contributed by atoms with Gasteiger partial charge >= 0.3 is 0 Å². The van der Waals surface area contributed by atoms with Crippen molar-refractivity contribution in [2.45, 2.75) is 20.1 Å². The lowest BCUT2D eigenvalue weighted by Crippen LogP contribution is -2.22. The molecule has 0 aliphatic heterocycles. The van der Waals surface area contributed by atoms with Crippen LogP contribution in [0.25, 0.3) is 10.9 Å². The van der Waals surface area contributed by atoms with Gasteiger partial charge in [-0.05, 0) is 30.0 Å². The molecule has 1 N–H and O–H groups in total. The number of nitrogens with one attached hydrogen (secondary N) is 1. The SMILES string of the molecule is Cc1ccc(COc2cc(C(=O)NCc3cccs3)c3ccccc3n2)cc1. The number of nitrogens with zero attached hydrogens (tertiary/aromatic N) is 1. The fourth-order valence-corrected chi connectivity index (χ4v) is 3.57. The molecule has 0 unspecified atom stereocenters. The van der Waals surface area contributed by atoms with E-state index in [0.717, 1.165) is 21.3 Å². The van der Waals surface area contributed by atoms with Gasteiger partial charge in [0.15, 0.2) is 0 Å². The smallest absolute Gasteiger partial charge is 0.252 e. The summed E-state index contributed by atoms with van der Waals surface area (Å²) in [5.74, 6) is 0.313. The zero-order valence-corrected chi connectivity index (χ0v) is 16.3. The fourth-order valence-electron chi connectivity index (χ4n) is 2.93. The van der Waals surface area contributed by atoms with E-state index in [1.165, 1.54) is 5.56 Å². The van der Waals surface area contributed by atoms with Crippen LogP contribution in [0.4, 0.5) is 0 Å². The predicted octanol–water partition coefficient (Wildman–Crippen LogP) is 5.11. The molecule has 28 heavy (non-hydrogen) atoms. The lowest BCUT2D eigenvalue weighted by molar-refractivity contribution is 0.0952. The van der Waals surface area contributed by atoms with Crippen LogP contribution < -0.4 is 10.1 Å². The summed E-state index contributed by atoms with van der Waals surface area (Å²) < 4.78 is 5.89. The first-order valence-electron chi connectivity index (χ1n) is 9.08. The Morgan fingerprint density at radius 1 is 1.07 bits per heavy atom. The summed E-state index contributed by atoms with van der Waals surface area (Å²) in [6.45, 7) is 2.96. The molecule has 0 aliphatic carbocycles. The van der Waals surface area contributed by atoms with Crippen LogP contribution in [0.1, 0.15) is 26.4 Å². The number of pyridine rings is 1. The van der Waals surface area contributed by atoms with E-state index >= 15 is 0 Å². The molecule has 0 radical (unpaired) electrons. The largest absolute Gasteiger partial charge is 0.473 e. The molecule has 2 heterocycles. The number of para-hydroxylation sites is 1. The zero-order valence-electron chi connectivity index (χ0n) is 15.5. The highest BCUT2D eigenvalue weighted by atomic mass is 32.1. The molecule has 2 aromatic heterocycles. The number of hydrogen-bond donors (Lipinski definition) is 1. The molecule has 0 saturated carbocycles.